The Bertz CT molecular complexity index is 1380. The second-order valence-corrected chi connectivity index (χ2v) is 8.63. The molecule has 0 aliphatic carbocycles. The van der Waals surface area contributed by atoms with Gasteiger partial charge in [-0.15, -0.1) is 0 Å². The molecule has 4 aromatic rings. The number of carbonyl (C=O) groups excluding carboxylic acids is 2. The van der Waals surface area contributed by atoms with Crippen molar-refractivity contribution in [3.63, 3.8) is 0 Å². The number of thiocarbonyl (C=S) groups is 1. The van der Waals surface area contributed by atoms with Crippen LogP contribution in [0, 0.1) is 0 Å². The number of rotatable bonds is 9. The van der Waals surface area contributed by atoms with Gasteiger partial charge in [0.1, 0.15) is 24.7 Å². The molecule has 7 nitrogen and oxygen atoms in total. The molecule has 0 heterocycles. The number of benzene rings is 4. The summed E-state index contributed by atoms with van der Waals surface area (Å²) in [6, 6.07) is 32.6. The molecule has 2 N–H and O–H groups in total. The van der Waals surface area contributed by atoms with Crippen molar-refractivity contribution in [2.24, 2.45) is 0 Å². The first-order valence-corrected chi connectivity index (χ1v) is 12.4. The van der Waals surface area contributed by atoms with E-state index in [2.05, 4.69) is 10.6 Å². The highest BCUT2D eigenvalue weighted by Crippen LogP contribution is 2.17. The van der Waals surface area contributed by atoms with Crippen LogP contribution in [0.3, 0.4) is 0 Å². The molecule has 0 radical (unpaired) electrons. The predicted molar refractivity (Wildman–Crippen MR) is 153 cm³/mol. The van der Waals surface area contributed by atoms with Gasteiger partial charge in [-0.05, 0) is 78.9 Å². The second-order valence-electron chi connectivity index (χ2n) is 8.22. The Balaban J connectivity index is 1.26. The summed E-state index contributed by atoms with van der Waals surface area (Å²) >= 11 is 5.30. The average molecular weight is 526 g/mol. The van der Waals surface area contributed by atoms with Crippen LogP contribution in [-0.4, -0.2) is 37.2 Å². The molecule has 2 amide bonds. The first kappa shape index (κ1) is 26.4. The number of nitrogens with zero attached hydrogens (tertiary/aromatic N) is 1. The minimum absolute atomic E-state index is 0.132. The molecule has 192 valence electrons. The summed E-state index contributed by atoms with van der Waals surface area (Å²) in [5.74, 6) is 0.817. The van der Waals surface area contributed by atoms with Gasteiger partial charge in [0.15, 0.2) is 5.11 Å². The molecule has 0 aliphatic rings. The predicted octanol–water partition coefficient (Wildman–Crippen LogP) is 5.55. The Labute approximate surface area is 227 Å². The molecule has 4 rings (SSSR count). The molecule has 0 aromatic heterocycles. The van der Waals surface area contributed by atoms with Crippen LogP contribution < -0.4 is 25.0 Å². The number of para-hydroxylation sites is 2. The van der Waals surface area contributed by atoms with Gasteiger partial charge in [0, 0.05) is 29.5 Å². The van der Waals surface area contributed by atoms with E-state index in [4.69, 9.17) is 21.7 Å². The summed E-state index contributed by atoms with van der Waals surface area (Å²) in [6.45, 7) is 0.709. The summed E-state index contributed by atoms with van der Waals surface area (Å²) < 4.78 is 11.3. The molecule has 4 aromatic carbocycles. The van der Waals surface area contributed by atoms with E-state index in [9.17, 15) is 9.59 Å². The van der Waals surface area contributed by atoms with Gasteiger partial charge in [0.25, 0.3) is 11.8 Å². The monoisotopic (exact) mass is 525 g/mol. The van der Waals surface area contributed by atoms with E-state index >= 15 is 0 Å². The molecule has 0 aliphatic heterocycles. The standard InChI is InChI=1S/C30H27N3O4S/c1-33(25-10-4-2-5-11-25)29(35)22-15-17-24(18-16-22)31-30(38)32-28(34)23-9-8-14-27(21-23)37-20-19-36-26-12-6-3-7-13-26/h2-18,21H,19-20H2,1H3,(H2,31,32,34,38). The highest BCUT2D eigenvalue weighted by molar-refractivity contribution is 7.80. The van der Waals surface area contributed by atoms with Gasteiger partial charge in [0.2, 0.25) is 0 Å². The van der Waals surface area contributed by atoms with Crippen LogP contribution in [0.5, 0.6) is 11.5 Å². The summed E-state index contributed by atoms with van der Waals surface area (Å²) in [5, 5.41) is 5.77. The zero-order valence-electron chi connectivity index (χ0n) is 20.8. The highest BCUT2D eigenvalue weighted by atomic mass is 32.1. The largest absolute Gasteiger partial charge is 0.490 e. The van der Waals surface area contributed by atoms with E-state index in [1.807, 2.05) is 60.7 Å². The fourth-order valence-electron chi connectivity index (χ4n) is 3.56. The van der Waals surface area contributed by atoms with Crippen molar-refractivity contribution in [1.29, 1.82) is 0 Å². The maximum absolute atomic E-state index is 12.8. The third-order valence-electron chi connectivity index (χ3n) is 5.53. The lowest BCUT2D eigenvalue weighted by molar-refractivity contribution is 0.0974. The van der Waals surface area contributed by atoms with Crippen molar-refractivity contribution in [2.45, 2.75) is 0 Å². The van der Waals surface area contributed by atoms with Crippen LogP contribution in [0.1, 0.15) is 20.7 Å². The second kappa shape index (κ2) is 13.0. The average Bonchev–Trinajstić information content (AvgIpc) is 2.96. The minimum Gasteiger partial charge on any atom is -0.490 e. The molecule has 0 saturated carbocycles. The third-order valence-corrected chi connectivity index (χ3v) is 5.73. The van der Waals surface area contributed by atoms with Crippen LogP contribution in [-0.2, 0) is 0 Å². The molecule has 0 bridgehead atoms. The summed E-state index contributed by atoms with van der Waals surface area (Å²) in [4.78, 5) is 27.0. The molecule has 0 spiro atoms. The van der Waals surface area contributed by atoms with Crippen molar-refractivity contribution in [3.05, 3.63) is 120 Å². The molecule has 38 heavy (non-hydrogen) atoms. The molecule has 0 fully saturated rings. The Morgan fingerprint density at radius 2 is 1.34 bits per heavy atom. The first-order chi connectivity index (χ1) is 18.5. The van der Waals surface area contributed by atoms with Crippen molar-refractivity contribution in [2.75, 3.05) is 30.5 Å². The van der Waals surface area contributed by atoms with Gasteiger partial charge in [-0.3, -0.25) is 14.9 Å². The lowest BCUT2D eigenvalue weighted by Crippen LogP contribution is -2.34. The van der Waals surface area contributed by atoms with E-state index in [1.54, 1.807) is 60.5 Å². The van der Waals surface area contributed by atoms with Crippen LogP contribution in [0.4, 0.5) is 11.4 Å². The van der Waals surface area contributed by atoms with Crippen molar-refractivity contribution in [1.82, 2.24) is 5.32 Å². The lowest BCUT2D eigenvalue weighted by Gasteiger charge is -2.17. The van der Waals surface area contributed by atoms with Crippen LogP contribution >= 0.6 is 12.2 Å². The molecule has 8 heteroatoms. The van der Waals surface area contributed by atoms with Crippen molar-refractivity contribution < 1.29 is 19.1 Å². The van der Waals surface area contributed by atoms with E-state index in [0.717, 1.165) is 11.4 Å². The van der Waals surface area contributed by atoms with Crippen LogP contribution in [0.2, 0.25) is 0 Å². The van der Waals surface area contributed by atoms with Gasteiger partial charge in [-0.1, -0.05) is 42.5 Å². The number of carbonyl (C=O) groups is 2. The molecule has 0 atom stereocenters. The normalized spacial score (nSPS) is 10.2. The maximum Gasteiger partial charge on any atom is 0.258 e. The molecular weight excluding hydrogens is 498 g/mol. The Hall–Kier alpha value is -4.69. The Morgan fingerprint density at radius 1 is 0.737 bits per heavy atom. The van der Waals surface area contributed by atoms with E-state index < -0.39 is 0 Å². The number of hydrogen-bond donors (Lipinski definition) is 2. The molecular formula is C30H27N3O4S. The number of ether oxygens (including phenoxy) is 2. The van der Waals surface area contributed by atoms with Crippen LogP contribution in [0.25, 0.3) is 0 Å². The minimum atomic E-state index is -0.371. The first-order valence-electron chi connectivity index (χ1n) is 12.0. The fourth-order valence-corrected chi connectivity index (χ4v) is 3.77. The van der Waals surface area contributed by atoms with E-state index in [1.165, 1.54) is 0 Å². The Morgan fingerprint density at radius 3 is 2.03 bits per heavy atom. The smallest absolute Gasteiger partial charge is 0.258 e. The van der Waals surface area contributed by atoms with Gasteiger partial charge in [-0.25, -0.2) is 0 Å². The summed E-state index contributed by atoms with van der Waals surface area (Å²) in [5.41, 5.74) is 2.38. The van der Waals surface area contributed by atoms with Gasteiger partial charge >= 0.3 is 0 Å². The number of hydrogen-bond acceptors (Lipinski definition) is 5. The highest BCUT2D eigenvalue weighted by Gasteiger charge is 2.14. The number of anilines is 2. The molecule has 0 unspecified atom stereocenters. The van der Waals surface area contributed by atoms with Crippen molar-refractivity contribution >= 4 is 40.5 Å². The zero-order valence-corrected chi connectivity index (χ0v) is 21.6. The van der Waals surface area contributed by atoms with Gasteiger partial charge in [-0.2, -0.15) is 0 Å². The summed E-state index contributed by atoms with van der Waals surface area (Å²) in [7, 11) is 1.73. The quantitative estimate of drug-likeness (QED) is 0.220. The maximum atomic E-state index is 12.8. The molecule has 0 saturated heterocycles. The van der Waals surface area contributed by atoms with E-state index in [0.29, 0.717) is 35.8 Å². The van der Waals surface area contributed by atoms with Gasteiger partial charge in [0.05, 0.1) is 0 Å². The SMILES string of the molecule is CN(C(=O)c1ccc(NC(=S)NC(=O)c2cccc(OCCOc3ccccc3)c2)cc1)c1ccccc1. The Kier molecular flexibility index (Phi) is 9.04. The van der Waals surface area contributed by atoms with Crippen molar-refractivity contribution in [3.8, 4) is 11.5 Å². The summed E-state index contributed by atoms with van der Waals surface area (Å²) in [6.07, 6.45) is 0. The number of nitrogens with one attached hydrogen (secondary N) is 2. The van der Waals surface area contributed by atoms with E-state index in [-0.39, 0.29) is 16.9 Å². The zero-order chi connectivity index (χ0) is 26.7. The number of amides is 2. The fraction of sp³-hybridized carbons (Fsp3) is 0.100. The third kappa shape index (κ3) is 7.41. The topological polar surface area (TPSA) is 79.9 Å². The van der Waals surface area contributed by atoms with Crippen LogP contribution in [0.15, 0.2) is 109 Å². The van der Waals surface area contributed by atoms with Gasteiger partial charge < -0.3 is 19.7 Å². The lowest BCUT2D eigenvalue weighted by atomic mass is 10.1.